The molecule has 0 saturated heterocycles. The Labute approximate surface area is 133 Å². The lowest BCUT2D eigenvalue weighted by atomic mass is 9.98. The summed E-state index contributed by atoms with van der Waals surface area (Å²) in [5.74, 6) is 0. The molecule has 1 N–H and O–H groups in total. The highest BCUT2D eigenvalue weighted by molar-refractivity contribution is 7.11. The van der Waals surface area contributed by atoms with Crippen LogP contribution in [0.3, 0.4) is 0 Å². The van der Waals surface area contributed by atoms with Crippen LogP contribution in [-0.4, -0.2) is 25.2 Å². The fourth-order valence-electron chi connectivity index (χ4n) is 2.44. The fraction of sp³-hybridized carbons (Fsp3) is 0.812. The Hall–Kier alpha value is -0.490. The van der Waals surface area contributed by atoms with Gasteiger partial charge in [-0.3, -0.25) is 0 Å². The maximum atomic E-state index is 6.07. The quantitative estimate of drug-likeness (QED) is 0.630. The van der Waals surface area contributed by atoms with Gasteiger partial charge >= 0.3 is 0 Å². The van der Waals surface area contributed by atoms with Crippen molar-refractivity contribution in [3.63, 3.8) is 0 Å². The van der Waals surface area contributed by atoms with Crippen LogP contribution >= 0.6 is 11.3 Å². The third kappa shape index (κ3) is 4.74. The molecule has 0 atom stereocenters. The van der Waals surface area contributed by atoms with Gasteiger partial charge in [-0.1, -0.05) is 20.8 Å². The summed E-state index contributed by atoms with van der Waals surface area (Å²) in [5, 5.41) is 4.55. The minimum absolute atomic E-state index is 0.245. The molecule has 122 valence electrons. The number of hydrogen-bond donors (Lipinski definition) is 1. The molecule has 1 aromatic rings. The largest absolute Gasteiger partial charge is 0.378 e. The lowest BCUT2D eigenvalue weighted by Gasteiger charge is -2.29. The summed E-state index contributed by atoms with van der Waals surface area (Å²) in [6.07, 6.45) is 3.02. The molecule has 0 radical (unpaired) electrons. The summed E-state index contributed by atoms with van der Waals surface area (Å²) in [6, 6.07) is 0. The second-order valence-electron chi connectivity index (χ2n) is 5.13. The van der Waals surface area contributed by atoms with E-state index >= 15 is 0 Å². The van der Waals surface area contributed by atoms with Gasteiger partial charge in [-0.2, -0.15) is 0 Å². The van der Waals surface area contributed by atoms with Crippen LogP contribution in [0.5, 0.6) is 0 Å². The monoisotopic (exact) mass is 314 g/mol. The molecule has 0 aliphatic carbocycles. The molecule has 0 aromatic carbocycles. The second kappa shape index (κ2) is 9.51. The van der Waals surface area contributed by atoms with Crippen molar-refractivity contribution in [2.24, 2.45) is 0 Å². The molecule has 0 spiro atoms. The molecule has 0 aliphatic heterocycles. The Kier molecular flexibility index (Phi) is 8.41. The van der Waals surface area contributed by atoms with E-state index in [-0.39, 0.29) is 5.60 Å². The van der Waals surface area contributed by atoms with E-state index in [1.165, 1.54) is 4.88 Å². The van der Waals surface area contributed by atoms with Gasteiger partial charge in [0.2, 0.25) is 0 Å². The number of nitrogens with one attached hydrogen (secondary N) is 1. The van der Waals surface area contributed by atoms with E-state index < -0.39 is 0 Å². The number of rotatable bonds is 11. The number of aromatic nitrogens is 1. The predicted octanol–water partition coefficient (Wildman–Crippen LogP) is 3.84. The van der Waals surface area contributed by atoms with Gasteiger partial charge in [-0.15, -0.1) is 11.3 Å². The van der Waals surface area contributed by atoms with Crippen LogP contribution < -0.4 is 5.32 Å². The maximum absolute atomic E-state index is 6.07. The van der Waals surface area contributed by atoms with E-state index in [2.05, 4.69) is 26.1 Å². The van der Waals surface area contributed by atoms with Crippen molar-refractivity contribution in [2.45, 2.75) is 65.7 Å². The Bertz CT molecular complexity index is 403. The number of hydrogen-bond acceptors (Lipinski definition) is 5. The topological polar surface area (TPSA) is 43.4 Å². The summed E-state index contributed by atoms with van der Waals surface area (Å²) >= 11 is 1.77. The zero-order chi connectivity index (χ0) is 15.7. The van der Waals surface area contributed by atoms with Crippen molar-refractivity contribution in [2.75, 3.05) is 20.3 Å². The summed E-state index contributed by atoms with van der Waals surface area (Å²) in [7, 11) is 1.72. The number of ether oxygens (including phenoxy) is 2. The predicted molar refractivity (Wildman–Crippen MR) is 88.7 cm³/mol. The molecule has 1 heterocycles. The molecular formula is C16H30N2O2S. The number of methoxy groups -OCH3 is 1. The molecule has 0 fully saturated rings. The number of thiazole rings is 1. The van der Waals surface area contributed by atoms with Gasteiger partial charge < -0.3 is 14.8 Å². The zero-order valence-electron chi connectivity index (χ0n) is 14.1. The highest BCUT2D eigenvalue weighted by Gasteiger charge is 2.33. The van der Waals surface area contributed by atoms with E-state index in [1.54, 1.807) is 18.4 Å². The van der Waals surface area contributed by atoms with Crippen molar-refractivity contribution >= 4 is 11.3 Å². The normalized spacial score (nSPS) is 12.0. The Morgan fingerprint density at radius 1 is 1.19 bits per heavy atom. The van der Waals surface area contributed by atoms with Gasteiger partial charge in [0.05, 0.1) is 12.3 Å². The van der Waals surface area contributed by atoms with E-state index in [1.807, 2.05) is 6.92 Å². The molecule has 0 unspecified atom stereocenters. The van der Waals surface area contributed by atoms with Crippen molar-refractivity contribution in [3.8, 4) is 0 Å². The van der Waals surface area contributed by atoms with Crippen LogP contribution in [0.15, 0.2) is 0 Å². The Morgan fingerprint density at radius 3 is 2.43 bits per heavy atom. The Morgan fingerprint density at radius 2 is 1.90 bits per heavy atom. The molecule has 21 heavy (non-hydrogen) atoms. The van der Waals surface area contributed by atoms with Gasteiger partial charge in [-0.05, 0) is 32.7 Å². The van der Waals surface area contributed by atoms with Crippen LogP contribution in [0.4, 0.5) is 0 Å². The lowest BCUT2D eigenvalue weighted by molar-refractivity contribution is -0.0508. The first-order chi connectivity index (χ1) is 10.2. The molecule has 0 bridgehead atoms. The van der Waals surface area contributed by atoms with Crippen LogP contribution in [0.25, 0.3) is 0 Å². The van der Waals surface area contributed by atoms with Crippen LogP contribution in [0, 0.1) is 0 Å². The molecule has 5 heteroatoms. The summed E-state index contributed by atoms with van der Waals surface area (Å²) in [4.78, 5) is 6.11. The maximum Gasteiger partial charge on any atom is 0.125 e. The van der Waals surface area contributed by atoms with E-state index in [0.29, 0.717) is 13.2 Å². The third-order valence-corrected chi connectivity index (χ3v) is 5.01. The molecule has 0 saturated carbocycles. The minimum Gasteiger partial charge on any atom is -0.378 e. The van der Waals surface area contributed by atoms with Gasteiger partial charge in [-0.25, -0.2) is 4.98 Å². The Balaban J connectivity index is 3.02. The minimum atomic E-state index is -0.245. The lowest BCUT2D eigenvalue weighted by Crippen LogP contribution is -2.28. The summed E-state index contributed by atoms with van der Waals surface area (Å²) in [6.45, 7) is 11.7. The van der Waals surface area contributed by atoms with Crippen LogP contribution in [0.2, 0.25) is 0 Å². The average Bonchev–Trinajstić information content (AvgIpc) is 2.89. The molecule has 0 amide bonds. The molecular weight excluding hydrogens is 284 g/mol. The highest BCUT2D eigenvalue weighted by Crippen LogP contribution is 2.37. The first-order valence-electron chi connectivity index (χ1n) is 7.99. The van der Waals surface area contributed by atoms with Crippen molar-refractivity contribution in [3.05, 3.63) is 15.6 Å². The molecule has 4 nitrogen and oxygen atoms in total. The van der Waals surface area contributed by atoms with E-state index in [0.717, 1.165) is 43.1 Å². The molecule has 1 aromatic heterocycles. The van der Waals surface area contributed by atoms with Gasteiger partial charge in [0.15, 0.2) is 0 Å². The van der Waals surface area contributed by atoms with Gasteiger partial charge in [0.25, 0.3) is 0 Å². The smallest absolute Gasteiger partial charge is 0.125 e. The van der Waals surface area contributed by atoms with Crippen molar-refractivity contribution in [1.82, 2.24) is 10.3 Å². The van der Waals surface area contributed by atoms with Crippen LogP contribution in [-0.2, 0) is 28.2 Å². The third-order valence-electron chi connectivity index (χ3n) is 3.72. The van der Waals surface area contributed by atoms with Crippen LogP contribution in [0.1, 0.15) is 62.5 Å². The summed E-state index contributed by atoms with van der Waals surface area (Å²) in [5.41, 5.74) is 0.803. The molecule has 0 aliphatic rings. The van der Waals surface area contributed by atoms with Crippen molar-refractivity contribution < 1.29 is 9.47 Å². The first kappa shape index (κ1) is 18.6. The van der Waals surface area contributed by atoms with Gasteiger partial charge in [0, 0.05) is 25.1 Å². The average molecular weight is 314 g/mol. The highest BCUT2D eigenvalue weighted by atomic mass is 32.1. The second-order valence-corrected chi connectivity index (χ2v) is 6.22. The zero-order valence-corrected chi connectivity index (χ0v) is 14.9. The summed E-state index contributed by atoms with van der Waals surface area (Å²) < 4.78 is 11.4. The SMILES string of the molecule is CCCNCc1sc(C(CC)(CC)OCC)nc1COC. The number of nitrogens with zero attached hydrogens (tertiary/aromatic N) is 1. The standard InChI is InChI=1S/C16H30N2O2S/c1-6-10-17-11-14-13(12-19-5)18-15(21-14)16(7-2,8-3)20-9-4/h17H,6-12H2,1-5H3. The fourth-order valence-corrected chi connectivity index (χ4v) is 3.76. The van der Waals surface area contributed by atoms with E-state index in [4.69, 9.17) is 14.5 Å². The van der Waals surface area contributed by atoms with Crippen molar-refractivity contribution in [1.29, 1.82) is 0 Å². The van der Waals surface area contributed by atoms with E-state index in [9.17, 15) is 0 Å². The first-order valence-corrected chi connectivity index (χ1v) is 8.81. The van der Waals surface area contributed by atoms with Gasteiger partial charge in [0.1, 0.15) is 10.6 Å². The molecule has 1 rings (SSSR count).